The van der Waals surface area contributed by atoms with E-state index in [0.29, 0.717) is 18.8 Å². The summed E-state index contributed by atoms with van der Waals surface area (Å²) in [7, 11) is 0. The van der Waals surface area contributed by atoms with E-state index >= 15 is 0 Å². The minimum Gasteiger partial charge on any atom is -0.459 e. The smallest absolute Gasteiger partial charge is 0.289 e. The molecule has 4 heterocycles. The molecule has 0 bridgehead atoms. The Morgan fingerprint density at radius 3 is 2.89 bits per heavy atom. The lowest BCUT2D eigenvalue weighted by Gasteiger charge is -2.35. The van der Waals surface area contributed by atoms with Crippen molar-refractivity contribution in [2.45, 2.75) is 26.2 Å². The van der Waals surface area contributed by atoms with Crippen molar-refractivity contribution in [1.82, 2.24) is 14.9 Å². The predicted octanol–water partition coefficient (Wildman–Crippen LogP) is 3.37. The highest BCUT2D eigenvalue weighted by atomic mass is 32.1. The summed E-state index contributed by atoms with van der Waals surface area (Å²) in [5.41, 5.74) is 1.46. The molecule has 140 valence electrons. The van der Waals surface area contributed by atoms with Gasteiger partial charge < -0.3 is 14.2 Å². The first-order valence-corrected chi connectivity index (χ1v) is 10.4. The third-order valence-electron chi connectivity index (χ3n) is 5.67. The summed E-state index contributed by atoms with van der Waals surface area (Å²) < 4.78 is 5.25. The van der Waals surface area contributed by atoms with Crippen LogP contribution in [-0.2, 0) is 12.8 Å². The highest BCUT2D eigenvalue weighted by molar-refractivity contribution is 7.19. The molecule has 0 spiro atoms. The van der Waals surface area contributed by atoms with Crippen LogP contribution in [0.25, 0.3) is 10.2 Å². The summed E-state index contributed by atoms with van der Waals surface area (Å²) >= 11 is 1.83. The SMILES string of the molecule is CC1CCc2c(sc3ncnc(N4CCN(C(=O)c5ccco5)CC4)c23)C1. The number of rotatable bonds is 2. The zero-order chi connectivity index (χ0) is 18.4. The zero-order valence-corrected chi connectivity index (χ0v) is 16.2. The molecular weight excluding hydrogens is 360 g/mol. The summed E-state index contributed by atoms with van der Waals surface area (Å²) in [5.74, 6) is 2.17. The summed E-state index contributed by atoms with van der Waals surface area (Å²) in [6.07, 6.45) is 6.73. The molecule has 7 heteroatoms. The van der Waals surface area contributed by atoms with E-state index in [-0.39, 0.29) is 5.91 Å². The molecule has 0 N–H and O–H groups in total. The predicted molar refractivity (Wildman–Crippen MR) is 105 cm³/mol. The standard InChI is InChI=1S/C20H22N4O2S/c1-13-4-5-14-16(11-13)27-19-17(14)18(21-12-22-19)23-6-8-24(9-7-23)20(25)15-3-2-10-26-15/h2-3,10,12-13H,4-9,11H2,1H3. The topological polar surface area (TPSA) is 62.5 Å². The molecule has 1 aliphatic carbocycles. The second kappa shape index (κ2) is 6.64. The Labute approximate surface area is 161 Å². The van der Waals surface area contributed by atoms with Gasteiger partial charge in [0.05, 0.1) is 11.6 Å². The molecule has 0 saturated carbocycles. The number of hydrogen-bond donors (Lipinski definition) is 0. The number of furan rings is 1. The maximum atomic E-state index is 12.5. The van der Waals surface area contributed by atoms with Gasteiger partial charge in [-0.25, -0.2) is 9.97 Å². The molecule has 1 amide bonds. The Bertz CT molecular complexity index is 973. The minimum atomic E-state index is -0.0330. The molecule has 1 saturated heterocycles. The first-order valence-electron chi connectivity index (χ1n) is 9.53. The lowest BCUT2D eigenvalue weighted by Crippen LogP contribution is -2.49. The number of piperazine rings is 1. The molecule has 3 aromatic rings. The van der Waals surface area contributed by atoms with Gasteiger partial charge in [-0.3, -0.25) is 4.79 Å². The van der Waals surface area contributed by atoms with Gasteiger partial charge in [-0.15, -0.1) is 11.3 Å². The van der Waals surface area contributed by atoms with Gasteiger partial charge >= 0.3 is 0 Å². The Balaban J connectivity index is 1.40. The van der Waals surface area contributed by atoms with Crippen molar-refractivity contribution in [1.29, 1.82) is 0 Å². The van der Waals surface area contributed by atoms with E-state index in [0.717, 1.165) is 42.5 Å². The van der Waals surface area contributed by atoms with Crippen molar-refractivity contribution in [2.24, 2.45) is 5.92 Å². The molecule has 1 unspecified atom stereocenters. The molecule has 6 nitrogen and oxygen atoms in total. The molecule has 3 aromatic heterocycles. The van der Waals surface area contributed by atoms with Crippen LogP contribution in [0.3, 0.4) is 0 Å². The molecule has 1 atom stereocenters. The average Bonchev–Trinajstić information content (AvgIpc) is 3.34. The fraction of sp³-hybridized carbons (Fsp3) is 0.450. The van der Waals surface area contributed by atoms with Crippen LogP contribution in [0.4, 0.5) is 5.82 Å². The van der Waals surface area contributed by atoms with Crippen LogP contribution in [0.5, 0.6) is 0 Å². The highest BCUT2D eigenvalue weighted by Gasteiger charge is 2.28. The van der Waals surface area contributed by atoms with Crippen LogP contribution in [0.15, 0.2) is 29.1 Å². The maximum absolute atomic E-state index is 12.5. The van der Waals surface area contributed by atoms with E-state index < -0.39 is 0 Å². The Morgan fingerprint density at radius 1 is 1.26 bits per heavy atom. The molecule has 5 rings (SSSR count). The van der Waals surface area contributed by atoms with Gasteiger partial charge in [0.2, 0.25) is 0 Å². The molecule has 1 aliphatic heterocycles. The minimum absolute atomic E-state index is 0.0330. The third kappa shape index (κ3) is 2.90. The van der Waals surface area contributed by atoms with Crippen molar-refractivity contribution in [2.75, 3.05) is 31.1 Å². The monoisotopic (exact) mass is 382 g/mol. The van der Waals surface area contributed by atoms with E-state index in [1.165, 1.54) is 22.2 Å². The van der Waals surface area contributed by atoms with E-state index in [1.54, 1.807) is 24.7 Å². The number of anilines is 1. The number of thiophene rings is 1. The molecule has 27 heavy (non-hydrogen) atoms. The lowest BCUT2D eigenvalue weighted by molar-refractivity contribution is 0.0714. The van der Waals surface area contributed by atoms with Crippen LogP contribution < -0.4 is 4.90 Å². The van der Waals surface area contributed by atoms with Crippen LogP contribution >= 0.6 is 11.3 Å². The summed E-state index contributed by atoms with van der Waals surface area (Å²) in [4.78, 5) is 28.4. The number of hydrogen-bond acceptors (Lipinski definition) is 6. The summed E-state index contributed by atoms with van der Waals surface area (Å²) in [6.45, 7) is 5.23. The van der Waals surface area contributed by atoms with Crippen LogP contribution in [0, 0.1) is 5.92 Å². The summed E-state index contributed by atoms with van der Waals surface area (Å²) in [5, 5.41) is 1.25. The second-order valence-corrected chi connectivity index (χ2v) is 8.57. The number of amides is 1. The lowest BCUT2D eigenvalue weighted by atomic mass is 9.89. The molecule has 0 radical (unpaired) electrons. The highest BCUT2D eigenvalue weighted by Crippen LogP contribution is 2.40. The van der Waals surface area contributed by atoms with Gasteiger partial charge in [0, 0.05) is 31.1 Å². The number of carbonyl (C=O) groups is 1. The number of carbonyl (C=O) groups excluding carboxylic acids is 1. The zero-order valence-electron chi connectivity index (χ0n) is 15.4. The van der Waals surface area contributed by atoms with Gasteiger partial charge in [0.1, 0.15) is 17.0 Å². The molecule has 2 aliphatic rings. The van der Waals surface area contributed by atoms with Crippen molar-refractivity contribution in [3.05, 3.63) is 40.9 Å². The first-order chi connectivity index (χ1) is 13.2. The van der Waals surface area contributed by atoms with Gasteiger partial charge in [0.25, 0.3) is 5.91 Å². The fourth-order valence-corrected chi connectivity index (χ4v) is 5.52. The third-order valence-corrected chi connectivity index (χ3v) is 6.83. The first kappa shape index (κ1) is 16.7. The van der Waals surface area contributed by atoms with Gasteiger partial charge in [-0.05, 0) is 42.9 Å². The number of aryl methyl sites for hydroxylation is 1. The van der Waals surface area contributed by atoms with E-state index in [2.05, 4.69) is 21.8 Å². The molecule has 1 fully saturated rings. The molecule has 0 aromatic carbocycles. The number of aromatic nitrogens is 2. The van der Waals surface area contributed by atoms with Crippen LogP contribution in [-0.4, -0.2) is 47.0 Å². The van der Waals surface area contributed by atoms with E-state index in [9.17, 15) is 4.79 Å². The Morgan fingerprint density at radius 2 is 2.11 bits per heavy atom. The van der Waals surface area contributed by atoms with Gasteiger partial charge in [-0.2, -0.15) is 0 Å². The normalized spacial score (nSPS) is 20.1. The van der Waals surface area contributed by atoms with Crippen LogP contribution in [0.1, 0.15) is 34.3 Å². The quantitative estimate of drug-likeness (QED) is 0.680. The Hall–Kier alpha value is -2.41. The Kier molecular flexibility index (Phi) is 4.11. The van der Waals surface area contributed by atoms with Crippen molar-refractivity contribution in [3.8, 4) is 0 Å². The maximum Gasteiger partial charge on any atom is 0.289 e. The number of fused-ring (bicyclic) bond motifs is 3. The van der Waals surface area contributed by atoms with Crippen LogP contribution in [0.2, 0.25) is 0 Å². The van der Waals surface area contributed by atoms with Crippen molar-refractivity contribution >= 4 is 33.3 Å². The fourth-order valence-electron chi connectivity index (χ4n) is 4.18. The average molecular weight is 382 g/mol. The van der Waals surface area contributed by atoms with Gasteiger partial charge in [-0.1, -0.05) is 6.92 Å². The van der Waals surface area contributed by atoms with E-state index in [1.807, 2.05) is 16.2 Å². The second-order valence-electron chi connectivity index (χ2n) is 7.49. The van der Waals surface area contributed by atoms with Crippen molar-refractivity contribution in [3.63, 3.8) is 0 Å². The number of nitrogens with zero attached hydrogens (tertiary/aromatic N) is 4. The largest absolute Gasteiger partial charge is 0.459 e. The van der Waals surface area contributed by atoms with Gasteiger partial charge in [0.15, 0.2) is 5.76 Å². The van der Waals surface area contributed by atoms with Crippen molar-refractivity contribution < 1.29 is 9.21 Å². The molecular formula is C20H22N4O2S. The summed E-state index contributed by atoms with van der Waals surface area (Å²) in [6, 6.07) is 3.48. The van der Waals surface area contributed by atoms with E-state index in [4.69, 9.17) is 4.42 Å².